The smallest absolute Gasteiger partial charge is 0.180 e. The van der Waals surface area contributed by atoms with Crippen molar-refractivity contribution in [3.8, 4) is 5.75 Å². The zero-order chi connectivity index (χ0) is 22.9. The molecule has 2 unspecified atom stereocenters. The van der Waals surface area contributed by atoms with E-state index < -0.39 is 0 Å². The van der Waals surface area contributed by atoms with Crippen LogP contribution in [0.4, 0.5) is 5.82 Å². The molecule has 0 N–H and O–H groups in total. The highest BCUT2D eigenvalue weighted by Gasteiger charge is 2.34. The van der Waals surface area contributed by atoms with Crippen LogP contribution < -0.4 is 9.64 Å². The van der Waals surface area contributed by atoms with Crippen molar-refractivity contribution in [2.45, 2.75) is 45.2 Å². The first-order valence-corrected chi connectivity index (χ1v) is 13.0. The molecule has 0 bridgehead atoms. The fraction of sp³-hybridized carbons (Fsp3) is 0.536. The van der Waals surface area contributed by atoms with Crippen molar-refractivity contribution in [3.63, 3.8) is 0 Å². The average molecular weight is 461 g/mol. The number of hydrogen-bond donors (Lipinski definition) is 0. The van der Waals surface area contributed by atoms with E-state index in [4.69, 9.17) is 9.26 Å². The van der Waals surface area contributed by atoms with Gasteiger partial charge in [0, 0.05) is 44.7 Å². The van der Waals surface area contributed by atoms with Crippen LogP contribution in [0.2, 0.25) is 0 Å². The molecule has 34 heavy (non-hydrogen) atoms. The van der Waals surface area contributed by atoms with Crippen molar-refractivity contribution in [2.24, 2.45) is 5.92 Å². The number of para-hydroxylation sites is 1. The Labute approximate surface area is 202 Å². The summed E-state index contributed by atoms with van der Waals surface area (Å²) in [7, 11) is 0. The first kappa shape index (κ1) is 21.9. The number of likely N-dealkylation sites (tertiary alicyclic amines) is 1. The van der Waals surface area contributed by atoms with Crippen molar-refractivity contribution in [1.29, 1.82) is 0 Å². The molecule has 6 heteroatoms. The Balaban J connectivity index is 1.04. The van der Waals surface area contributed by atoms with Gasteiger partial charge < -0.3 is 14.2 Å². The van der Waals surface area contributed by atoms with Crippen molar-refractivity contribution in [3.05, 3.63) is 53.6 Å². The molecule has 3 aliphatic heterocycles. The average Bonchev–Trinajstić information content (AvgIpc) is 3.54. The first-order valence-electron chi connectivity index (χ1n) is 13.0. The van der Waals surface area contributed by atoms with E-state index in [2.05, 4.69) is 57.1 Å². The highest BCUT2D eigenvalue weighted by atomic mass is 16.5. The molecule has 6 rings (SSSR count). The molecular weight excluding hydrogens is 424 g/mol. The van der Waals surface area contributed by atoms with Gasteiger partial charge in [0.25, 0.3) is 0 Å². The van der Waals surface area contributed by atoms with Crippen LogP contribution in [0.5, 0.6) is 5.75 Å². The molecule has 6 nitrogen and oxygen atoms in total. The maximum absolute atomic E-state index is 6.41. The Morgan fingerprint density at radius 3 is 2.79 bits per heavy atom. The summed E-state index contributed by atoms with van der Waals surface area (Å²) in [6, 6.07) is 15.5. The molecule has 180 valence electrons. The standard InChI is InChI=1S/C28H36N4O2/c1-21-8-9-22(17-30-12-4-5-13-30)16-27(21)33-20-23-10-11-24-19-32(15-14-31(24)18-23)28-25-6-2-3-7-26(25)34-29-28/h2-3,6-9,16,23-24H,4-5,10-15,17-20H2,1H3. The van der Waals surface area contributed by atoms with E-state index in [0.717, 1.165) is 61.9 Å². The molecule has 3 fully saturated rings. The highest BCUT2D eigenvalue weighted by molar-refractivity contribution is 5.88. The van der Waals surface area contributed by atoms with Gasteiger partial charge in [-0.25, -0.2) is 0 Å². The van der Waals surface area contributed by atoms with Gasteiger partial charge in [0.2, 0.25) is 0 Å². The normalized spacial score (nSPS) is 24.0. The lowest BCUT2D eigenvalue weighted by Crippen LogP contribution is -2.57. The molecule has 3 aromatic rings. The van der Waals surface area contributed by atoms with E-state index in [-0.39, 0.29) is 0 Å². The van der Waals surface area contributed by atoms with E-state index in [1.54, 1.807) is 0 Å². The van der Waals surface area contributed by atoms with Crippen molar-refractivity contribution in [2.75, 3.05) is 50.8 Å². The molecule has 2 aromatic carbocycles. The summed E-state index contributed by atoms with van der Waals surface area (Å²) in [6.07, 6.45) is 5.11. The Morgan fingerprint density at radius 1 is 1.00 bits per heavy atom. The lowest BCUT2D eigenvalue weighted by Gasteiger charge is -2.46. The SMILES string of the molecule is Cc1ccc(CN2CCCC2)cc1OCC1CCC2CN(c3noc4ccccc34)CCN2C1. The Kier molecular flexibility index (Phi) is 6.18. The van der Waals surface area contributed by atoms with Crippen molar-refractivity contribution < 1.29 is 9.26 Å². The molecule has 0 amide bonds. The summed E-state index contributed by atoms with van der Waals surface area (Å²) in [6.45, 7) is 10.7. The second-order valence-corrected chi connectivity index (χ2v) is 10.4. The Bertz CT molecular complexity index is 1120. The Hall–Kier alpha value is -2.57. The molecule has 3 saturated heterocycles. The first-order chi connectivity index (χ1) is 16.7. The molecule has 0 aliphatic carbocycles. The number of piperazine rings is 1. The fourth-order valence-electron chi connectivity index (χ4n) is 5.99. The van der Waals surface area contributed by atoms with Gasteiger partial charge in [-0.1, -0.05) is 29.4 Å². The van der Waals surface area contributed by atoms with Gasteiger partial charge in [-0.2, -0.15) is 0 Å². The predicted molar refractivity (Wildman–Crippen MR) is 135 cm³/mol. The van der Waals surface area contributed by atoms with Crippen LogP contribution in [0.1, 0.15) is 36.8 Å². The van der Waals surface area contributed by atoms with E-state index in [1.807, 2.05) is 12.1 Å². The predicted octanol–water partition coefficient (Wildman–Crippen LogP) is 4.71. The second-order valence-electron chi connectivity index (χ2n) is 10.4. The van der Waals surface area contributed by atoms with Crippen molar-refractivity contribution >= 4 is 16.8 Å². The fourth-order valence-corrected chi connectivity index (χ4v) is 5.99. The van der Waals surface area contributed by atoms with Gasteiger partial charge in [-0.15, -0.1) is 0 Å². The third-order valence-electron chi connectivity index (χ3n) is 8.00. The zero-order valence-corrected chi connectivity index (χ0v) is 20.3. The molecule has 0 saturated carbocycles. The summed E-state index contributed by atoms with van der Waals surface area (Å²) >= 11 is 0. The van der Waals surface area contributed by atoms with Crippen molar-refractivity contribution in [1.82, 2.24) is 15.0 Å². The van der Waals surface area contributed by atoms with Crippen LogP contribution in [0.3, 0.4) is 0 Å². The topological polar surface area (TPSA) is 45.0 Å². The number of benzene rings is 2. The number of aryl methyl sites for hydroxylation is 1. The van der Waals surface area contributed by atoms with Crippen LogP contribution in [0, 0.1) is 12.8 Å². The van der Waals surface area contributed by atoms with Gasteiger partial charge in [0.1, 0.15) is 5.75 Å². The van der Waals surface area contributed by atoms with Gasteiger partial charge in [0.15, 0.2) is 11.4 Å². The third kappa shape index (κ3) is 4.53. The van der Waals surface area contributed by atoms with Crippen LogP contribution in [-0.2, 0) is 6.54 Å². The summed E-state index contributed by atoms with van der Waals surface area (Å²) in [4.78, 5) is 7.64. The maximum atomic E-state index is 6.41. The number of anilines is 1. The minimum atomic E-state index is 0.589. The number of fused-ring (bicyclic) bond motifs is 2. The minimum absolute atomic E-state index is 0.589. The number of ether oxygens (including phenoxy) is 1. The monoisotopic (exact) mass is 460 g/mol. The van der Waals surface area contributed by atoms with Gasteiger partial charge >= 0.3 is 0 Å². The van der Waals surface area contributed by atoms with Gasteiger partial charge in [-0.3, -0.25) is 9.80 Å². The summed E-state index contributed by atoms with van der Waals surface area (Å²) in [5.74, 6) is 2.67. The molecule has 2 atom stereocenters. The van der Waals surface area contributed by atoms with Crippen LogP contribution in [-0.4, -0.2) is 66.9 Å². The number of rotatable bonds is 6. The molecule has 0 radical (unpaired) electrons. The third-order valence-corrected chi connectivity index (χ3v) is 8.00. The van der Waals surface area contributed by atoms with E-state index in [0.29, 0.717) is 12.0 Å². The van der Waals surface area contributed by atoms with Crippen LogP contribution >= 0.6 is 0 Å². The van der Waals surface area contributed by atoms with E-state index in [9.17, 15) is 0 Å². The zero-order valence-electron chi connectivity index (χ0n) is 20.3. The van der Waals surface area contributed by atoms with Gasteiger partial charge in [-0.05, 0) is 75.0 Å². The number of piperidine rings is 1. The summed E-state index contributed by atoms with van der Waals surface area (Å²) in [5, 5.41) is 5.52. The lowest BCUT2D eigenvalue weighted by atomic mass is 9.91. The highest BCUT2D eigenvalue weighted by Crippen LogP contribution is 2.32. The Morgan fingerprint density at radius 2 is 1.88 bits per heavy atom. The molecule has 0 spiro atoms. The quantitative estimate of drug-likeness (QED) is 0.531. The molecule has 3 aliphatic rings. The number of nitrogens with zero attached hydrogens (tertiary/aromatic N) is 4. The van der Waals surface area contributed by atoms with Crippen LogP contribution in [0.25, 0.3) is 11.0 Å². The summed E-state index contributed by atoms with van der Waals surface area (Å²) in [5.41, 5.74) is 3.50. The molecule has 1 aromatic heterocycles. The largest absolute Gasteiger partial charge is 0.493 e. The second kappa shape index (κ2) is 9.59. The number of hydrogen-bond acceptors (Lipinski definition) is 6. The maximum Gasteiger partial charge on any atom is 0.180 e. The molecule has 4 heterocycles. The lowest BCUT2D eigenvalue weighted by molar-refractivity contribution is 0.0725. The van der Waals surface area contributed by atoms with E-state index >= 15 is 0 Å². The number of aromatic nitrogens is 1. The summed E-state index contributed by atoms with van der Waals surface area (Å²) < 4.78 is 12.0. The van der Waals surface area contributed by atoms with Gasteiger partial charge in [0.05, 0.1) is 12.0 Å². The minimum Gasteiger partial charge on any atom is -0.493 e. The van der Waals surface area contributed by atoms with E-state index in [1.165, 1.54) is 49.9 Å². The van der Waals surface area contributed by atoms with Crippen LogP contribution in [0.15, 0.2) is 47.0 Å². The molecular formula is C28H36N4O2.